The normalized spacial score (nSPS) is 16.7. The van der Waals surface area contributed by atoms with Crippen LogP contribution in [0, 0.1) is 0 Å². The minimum atomic E-state index is -10.5. The van der Waals surface area contributed by atoms with Gasteiger partial charge in [-0.1, -0.05) is 0 Å². The molecule has 27 heavy (non-hydrogen) atoms. The van der Waals surface area contributed by atoms with Crippen LogP contribution in [0.25, 0.3) is 0 Å². The van der Waals surface area contributed by atoms with Crippen molar-refractivity contribution >= 4 is 16.6 Å². The van der Waals surface area contributed by atoms with Crippen molar-refractivity contribution in [2.24, 2.45) is 0 Å². The van der Waals surface area contributed by atoms with Crippen LogP contribution in [0.2, 0.25) is 0 Å². The molecule has 0 aliphatic heterocycles. The molecule has 0 aliphatic carbocycles. The van der Waals surface area contributed by atoms with Crippen molar-refractivity contribution < 1.29 is 83.1 Å². The monoisotopic (exact) mass is 486 g/mol. The van der Waals surface area contributed by atoms with Gasteiger partial charge in [0.05, 0.1) is 0 Å². The zero-order valence-corrected chi connectivity index (χ0v) is 13.2. The largest absolute Gasteiger partial charge is 0.539 e. The number of halogens is 18. The van der Waals surface area contributed by atoms with Crippen molar-refractivity contribution in [2.75, 3.05) is 0 Å². The summed E-state index contributed by atoms with van der Waals surface area (Å²) in [4.78, 5) is 0. The maximum absolute atomic E-state index is 12.5. The third-order valence-electron chi connectivity index (χ3n) is 2.70. The van der Waals surface area contributed by atoms with Gasteiger partial charge in [0, 0.05) is 0 Å². The fraction of sp³-hybridized carbons (Fsp3) is 1.00. The van der Waals surface area contributed by atoms with Crippen LogP contribution in [-0.2, 0) is 4.12 Å². The number of hydrogen-bond acceptors (Lipinski definition) is 1. The van der Waals surface area contributed by atoms with Crippen molar-refractivity contribution in [2.45, 2.75) is 34.8 Å². The van der Waals surface area contributed by atoms with Crippen molar-refractivity contribution in [1.82, 2.24) is 0 Å². The Kier molecular flexibility index (Phi) is 6.12. The van der Waals surface area contributed by atoms with Crippen molar-refractivity contribution in [1.29, 1.82) is 0 Å². The number of hydrogen-bond donors (Lipinski definition) is 0. The molecule has 0 spiro atoms. The molecule has 0 aromatic carbocycles. The molecular weight excluding hydrogens is 486 g/mol. The standard InChI is InChI=1S/C6F18OSi2/c7-1(8,9)26(2(10,11)12,3(13,14)15)25-27(4(16,17)18,5(19,20)21)6(22,23)24. The Balaban J connectivity index is 7.45. The molecule has 0 saturated heterocycles. The number of alkyl halides is 18. The second kappa shape index (κ2) is 6.32. The van der Waals surface area contributed by atoms with Gasteiger partial charge in [0.15, 0.2) is 0 Å². The topological polar surface area (TPSA) is 9.23 Å². The van der Waals surface area contributed by atoms with E-state index in [0.29, 0.717) is 0 Å². The van der Waals surface area contributed by atoms with Crippen molar-refractivity contribution in [3.05, 3.63) is 0 Å². The lowest BCUT2D eigenvalue weighted by Crippen LogP contribution is -2.84. The first kappa shape index (κ1) is 26.1. The zero-order valence-electron chi connectivity index (χ0n) is 11.2. The Bertz CT molecular complexity index is 405. The van der Waals surface area contributed by atoms with E-state index in [1.807, 2.05) is 0 Å². The van der Waals surface area contributed by atoms with Crippen LogP contribution >= 0.6 is 0 Å². The van der Waals surface area contributed by atoms with Crippen LogP contribution in [0.3, 0.4) is 0 Å². The van der Waals surface area contributed by atoms with Crippen LogP contribution in [0.1, 0.15) is 0 Å². The van der Waals surface area contributed by atoms with E-state index in [1.54, 1.807) is 0 Å². The third kappa shape index (κ3) is 3.85. The molecule has 0 aliphatic rings. The molecule has 0 unspecified atom stereocenters. The number of rotatable bonds is 2. The molecule has 0 rings (SSSR count). The zero-order chi connectivity index (χ0) is 22.7. The predicted octanol–water partition coefficient (Wildman–Crippen LogP) is 5.50. The molecule has 0 amide bonds. The minimum absolute atomic E-state index is 1.34. The molecule has 0 bridgehead atoms. The molecular formula is C6F18OSi2. The Morgan fingerprint density at radius 1 is 0.296 bits per heavy atom. The molecule has 0 saturated carbocycles. The molecule has 0 heterocycles. The van der Waals surface area contributed by atoms with Gasteiger partial charge in [0.1, 0.15) is 0 Å². The van der Waals surface area contributed by atoms with E-state index in [-0.39, 0.29) is 0 Å². The quantitative estimate of drug-likeness (QED) is 0.370. The lowest BCUT2D eigenvalue weighted by atomic mass is 11.4. The molecule has 1 nitrogen and oxygen atoms in total. The summed E-state index contributed by atoms with van der Waals surface area (Å²) in [7, 11) is -20.9. The van der Waals surface area contributed by atoms with Gasteiger partial charge in [0.2, 0.25) is 0 Å². The first-order valence-electron chi connectivity index (χ1n) is 5.31. The summed E-state index contributed by atoms with van der Waals surface area (Å²) in [6, 6.07) is 0. The summed E-state index contributed by atoms with van der Waals surface area (Å²) >= 11 is 0. The fourth-order valence-electron chi connectivity index (χ4n) is 1.54. The lowest BCUT2D eigenvalue weighted by Gasteiger charge is -2.43. The van der Waals surface area contributed by atoms with Gasteiger partial charge in [-0.25, -0.2) is 0 Å². The van der Waals surface area contributed by atoms with Crippen LogP contribution in [0.5, 0.6) is 0 Å². The van der Waals surface area contributed by atoms with Gasteiger partial charge in [-0.3, -0.25) is 0 Å². The molecule has 0 aromatic rings. The molecule has 0 fully saturated rings. The summed E-state index contributed by atoms with van der Waals surface area (Å²) < 4.78 is 226. The second-order valence-corrected chi connectivity index (χ2v) is 11.4. The van der Waals surface area contributed by atoms with E-state index < -0.39 is 51.4 Å². The highest BCUT2D eigenvalue weighted by Gasteiger charge is 2.99. The Morgan fingerprint density at radius 2 is 0.407 bits per heavy atom. The maximum Gasteiger partial charge on any atom is 0.539 e. The molecule has 0 aromatic heterocycles. The average Bonchev–Trinajstić information content (AvgIpc) is 2.16. The van der Waals surface area contributed by atoms with Gasteiger partial charge in [-0.15, -0.1) is 0 Å². The van der Waals surface area contributed by atoms with E-state index in [2.05, 4.69) is 0 Å². The average molecular weight is 486 g/mol. The van der Waals surface area contributed by atoms with Gasteiger partial charge in [0.25, 0.3) is 0 Å². The highest BCUT2D eigenvalue weighted by molar-refractivity contribution is 6.92. The lowest BCUT2D eigenvalue weighted by molar-refractivity contribution is -0.210. The first-order valence-corrected chi connectivity index (χ1v) is 9.13. The second-order valence-electron chi connectivity index (χ2n) is 4.45. The molecule has 164 valence electrons. The summed E-state index contributed by atoms with van der Waals surface area (Å²) in [5.41, 5.74) is 0. The SMILES string of the molecule is FC(F)(F)[Si](O[Si](C(F)(F)F)(C(F)(F)F)C(F)(F)F)(C(F)(F)F)C(F)(F)F. The van der Waals surface area contributed by atoms with Crippen LogP contribution < -0.4 is 0 Å². The summed E-state index contributed by atoms with van der Waals surface area (Å²) in [5, 5.41) is 0. The highest BCUT2D eigenvalue weighted by Crippen LogP contribution is 2.58. The Morgan fingerprint density at radius 3 is 0.481 bits per heavy atom. The fourth-order valence-corrected chi connectivity index (χ4v) is 8.08. The van der Waals surface area contributed by atoms with E-state index in [4.69, 9.17) is 0 Å². The summed E-state index contributed by atoms with van der Waals surface area (Å²) in [6.07, 6.45) is 0. The third-order valence-corrected chi connectivity index (χ3v) is 9.94. The van der Waals surface area contributed by atoms with E-state index >= 15 is 0 Å². The van der Waals surface area contributed by atoms with Crippen molar-refractivity contribution in [3.8, 4) is 0 Å². The summed E-state index contributed by atoms with van der Waals surface area (Å²) in [5.74, 6) is -48.6. The molecule has 0 N–H and O–H groups in total. The van der Waals surface area contributed by atoms with Crippen LogP contribution in [0.4, 0.5) is 79.0 Å². The van der Waals surface area contributed by atoms with E-state index in [9.17, 15) is 79.0 Å². The smallest absolute Gasteiger partial charge is 0.420 e. The van der Waals surface area contributed by atoms with Crippen molar-refractivity contribution in [3.63, 3.8) is 0 Å². The van der Waals surface area contributed by atoms with Gasteiger partial charge in [-0.05, 0) is 0 Å². The van der Waals surface area contributed by atoms with E-state index in [1.165, 1.54) is 4.12 Å². The Labute approximate surface area is 136 Å². The minimum Gasteiger partial charge on any atom is -0.420 e. The maximum atomic E-state index is 12.5. The Hall–Kier alpha value is -0.866. The van der Waals surface area contributed by atoms with E-state index in [0.717, 1.165) is 0 Å². The highest BCUT2D eigenvalue weighted by atomic mass is 28.4. The predicted molar refractivity (Wildman–Crippen MR) is 48.9 cm³/mol. The van der Waals surface area contributed by atoms with Gasteiger partial charge < -0.3 is 4.12 Å². The molecule has 0 atom stereocenters. The van der Waals surface area contributed by atoms with Crippen LogP contribution in [0.15, 0.2) is 0 Å². The summed E-state index contributed by atoms with van der Waals surface area (Å²) in [6.45, 7) is 0. The molecule has 0 radical (unpaired) electrons. The van der Waals surface area contributed by atoms with Gasteiger partial charge >= 0.3 is 51.4 Å². The van der Waals surface area contributed by atoms with Gasteiger partial charge in [-0.2, -0.15) is 79.0 Å². The first-order chi connectivity index (χ1) is 11.2. The van der Waals surface area contributed by atoms with Crippen LogP contribution in [-0.4, -0.2) is 51.4 Å². The molecule has 21 heteroatoms.